The molecular weight excluding hydrogens is 128 g/mol. The van der Waals surface area contributed by atoms with E-state index in [9.17, 15) is 0 Å². The average molecular weight is 137 g/mol. The number of halogens is 1. The summed E-state index contributed by atoms with van der Waals surface area (Å²) in [5, 5.41) is 16.9. The molecule has 3 nitrogen and oxygen atoms in total. The van der Waals surface area contributed by atoms with Crippen molar-refractivity contribution in [3.05, 3.63) is 0 Å². The molecule has 1 rings (SSSR count). The lowest BCUT2D eigenvalue weighted by molar-refractivity contribution is 0.503. The second-order valence-corrected chi connectivity index (χ2v) is 1.20. The highest BCUT2D eigenvalue weighted by Gasteiger charge is 1.92. The zero-order valence-corrected chi connectivity index (χ0v) is 5.24. The third-order valence-corrected chi connectivity index (χ3v) is 0.707. The molecular formula is C4H9ClN2O. The minimum absolute atomic E-state index is 0. The third-order valence-electron chi connectivity index (χ3n) is 0.707. The normalized spacial score (nSPS) is 12.9. The molecule has 1 heterocycles. The maximum Gasteiger partial charge on any atom is 0.283 e. The van der Waals surface area contributed by atoms with E-state index < -0.39 is 0 Å². The van der Waals surface area contributed by atoms with Crippen LogP contribution in [0.2, 0.25) is 0 Å². The fourth-order valence-corrected chi connectivity index (χ4v) is 0.177. The monoisotopic (exact) mass is 136 g/mol. The molecule has 0 bridgehead atoms. The maximum absolute atomic E-state index is 6.88. The predicted octanol–water partition coefficient (Wildman–Crippen LogP) is 0.241. The number of aliphatic hydroxyl groups excluding tert-OH is 1. The van der Waals surface area contributed by atoms with Crippen LogP contribution in [-0.2, 0) is 0 Å². The lowest BCUT2D eigenvalue weighted by atomic mass is 10.3. The van der Waals surface area contributed by atoms with Crippen LogP contribution in [0.5, 0.6) is 0 Å². The van der Waals surface area contributed by atoms with Gasteiger partial charge in [0.2, 0.25) is 0 Å². The molecule has 1 aliphatic heterocycles. The SMILES string of the molecule is C1CNC1.Cl.N#CO. The van der Waals surface area contributed by atoms with Crippen LogP contribution >= 0.6 is 12.4 Å². The van der Waals surface area contributed by atoms with E-state index in [1.807, 2.05) is 0 Å². The summed E-state index contributed by atoms with van der Waals surface area (Å²) in [6.45, 7) is 2.50. The summed E-state index contributed by atoms with van der Waals surface area (Å²) in [6.07, 6.45) is 2.14. The Morgan fingerprint density at radius 3 is 1.62 bits per heavy atom. The largest absolute Gasteiger partial charge is 0.443 e. The summed E-state index contributed by atoms with van der Waals surface area (Å²) in [7, 11) is 0. The summed E-state index contributed by atoms with van der Waals surface area (Å²) in [5.41, 5.74) is 0. The summed E-state index contributed by atoms with van der Waals surface area (Å²) in [6, 6.07) is 0. The zero-order valence-electron chi connectivity index (χ0n) is 4.42. The second kappa shape index (κ2) is 9.74. The van der Waals surface area contributed by atoms with Crippen LogP contribution in [0, 0.1) is 11.5 Å². The molecule has 0 saturated carbocycles. The first-order valence-corrected chi connectivity index (χ1v) is 2.15. The van der Waals surface area contributed by atoms with Crippen LogP contribution in [-0.4, -0.2) is 18.2 Å². The van der Waals surface area contributed by atoms with Gasteiger partial charge in [0.25, 0.3) is 6.26 Å². The van der Waals surface area contributed by atoms with Crippen LogP contribution < -0.4 is 5.32 Å². The molecule has 0 aliphatic carbocycles. The highest BCUT2D eigenvalue weighted by molar-refractivity contribution is 5.85. The van der Waals surface area contributed by atoms with Crippen LogP contribution in [0.3, 0.4) is 0 Å². The molecule has 0 spiro atoms. The Balaban J connectivity index is 0. The van der Waals surface area contributed by atoms with E-state index in [-0.39, 0.29) is 12.4 Å². The van der Waals surface area contributed by atoms with Gasteiger partial charge >= 0.3 is 0 Å². The highest BCUT2D eigenvalue weighted by Crippen LogP contribution is 1.80. The van der Waals surface area contributed by atoms with E-state index in [1.165, 1.54) is 19.5 Å². The fourth-order valence-electron chi connectivity index (χ4n) is 0.177. The lowest BCUT2D eigenvalue weighted by Gasteiger charge is -2.09. The van der Waals surface area contributed by atoms with Gasteiger partial charge in [-0.25, -0.2) is 0 Å². The van der Waals surface area contributed by atoms with Crippen molar-refractivity contribution >= 4 is 12.4 Å². The first kappa shape index (κ1) is 10.5. The van der Waals surface area contributed by atoms with Gasteiger partial charge in [-0.1, -0.05) is 0 Å². The predicted molar refractivity (Wildman–Crippen MR) is 32.3 cm³/mol. The van der Waals surface area contributed by atoms with E-state index in [0.29, 0.717) is 0 Å². The van der Waals surface area contributed by atoms with Crippen molar-refractivity contribution in [1.29, 1.82) is 5.26 Å². The van der Waals surface area contributed by atoms with Gasteiger partial charge in [0.05, 0.1) is 0 Å². The fraction of sp³-hybridized carbons (Fsp3) is 0.750. The van der Waals surface area contributed by atoms with E-state index in [1.54, 1.807) is 0 Å². The van der Waals surface area contributed by atoms with Gasteiger partial charge in [0, 0.05) is 0 Å². The number of aliphatic hydroxyl groups is 1. The Labute approximate surface area is 54.7 Å². The number of nitriles is 1. The summed E-state index contributed by atoms with van der Waals surface area (Å²) < 4.78 is 0. The van der Waals surface area contributed by atoms with Gasteiger partial charge in [-0.3, -0.25) is 0 Å². The minimum Gasteiger partial charge on any atom is -0.443 e. The van der Waals surface area contributed by atoms with Crippen LogP contribution in [0.1, 0.15) is 6.42 Å². The second-order valence-electron chi connectivity index (χ2n) is 1.20. The molecule has 0 amide bonds. The molecule has 1 fully saturated rings. The smallest absolute Gasteiger partial charge is 0.283 e. The quantitative estimate of drug-likeness (QED) is 0.469. The molecule has 0 aromatic carbocycles. The van der Waals surface area contributed by atoms with E-state index in [4.69, 9.17) is 10.4 Å². The Bertz CT molecular complexity index is 62.9. The van der Waals surface area contributed by atoms with Crippen molar-refractivity contribution in [3.63, 3.8) is 0 Å². The van der Waals surface area contributed by atoms with E-state index in [0.717, 1.165) is 6.26 Å². The van der Waals surface area contributed by atoms with Crippen molar-refractivity contribution in [2.75, 3.05) is 13.1 Å². The molecule has 0 unspecified atom stereocenters. The number of hydrogen-bond acceptors (Lipinski definition) is 3. The van der Waals surface area contributed by atoms with Crippen molar-refractivity contribution in [2.24, 2.45) is 0 Å². The van der Waals surface area contributed by atoms with Crippen molar-refractivity contribution < 1.29 is 5.11 Å². The van der Waals surface area contributed by atoms with Crippen LogP contribution in [0.25, 0.3) is 0 Å². The average Bonchev–Trinajstić information content (AvgIpc) is 1.27. The van der Waals surface area contributed by atoms with Crippen molar-refractivity contribution in [3.8, 4) is 6.26 Å². The Morgan fingerprint density at radius 2 is 1.62 bits per heavy atom. The summed E-state index contributed by atoms with van der Waals surface area (Å²) in [4.78, 5) is 0. The summed E-state index contributed by atoms with van der Waals surface area (Å²) >= 11 is 0. The maximum atomic E-state index is 6.88. The third kappa shape index (κ3) is 9.11. The van der Waals surface area contributed by atoms with Crippen LogP contribution in [0.15, 0.2) is 0 Å². The number of nitrogens with one attached hydrogen (secondary N) is 1. The summed E-state index contributed by atoms with van der Waals surface area (Å²) in [5.74, 6) is 0. The van der Waals surface area contributed by atoms with Gasteiger partial charge in [-0.2, -0.15) is 5.26 Å². The number of nitrogens with zero attached hydrogens (tertiary/aromatic N) is 1. The topological polar surface area (TPSA) is 56.0 Å². The Hall–Kier alpha value is -0.460. The lowest BCUT2D eigenvalue weighted by Crippen LogP contribution is -2.29. The Morgan fingerprint density at radius 1 is 1.50 bits per heavy atom. The minimum atomic E-state index is 0. The van der Waals surface area contributed by atoms with E-state index >= 15 is 0 Å². The van der Waals surface area contributed by atoms with Gasteiger partial charge in [-0.05, 0) is 19.5 Å². The van der Waals surface area contributed by atoms with Crippen LogP contribution in [0.4, 0.5) is 0 Å². The van der Waals surface area contributed by atoms with Gasteiger partial charge in [0.15, 0.2) is 0 Å². The van der Waals surface area contributed by atoms with Gasteiger partial charge in [-0.15, -0.1) is 12.4 Å². The zero-order chi connectivity index (χ0) is 5.54. The molecule has 0 aromatic heterocycles. The molecule has 1 saturated heterocycles. The molecule has 0 aromatic rings. The van der Waals surface area contributed by atoms with Crippen molar-refractivity contribution in [2.45, 2.75) is 6.42 Å². The van der Waals surface area contributed by atoms with Gasteiger partial charge in [0.1, 0.15) is 0 Å². The van der Waals surface area contributed by atoms with E-state index in [2.05, 4.69) is 5.32 Å². The molecule has 2 N–H and O–H groups in total. The van der Waals surface area contributed by atoms with Gasteiger partial charge < -0.3 is 10.4 Å². The first-order valence-electron chi connectivity index (χ1n) is 2.15. The molecule has 0 atom stereocenters. The molecule has 8 heavy (non-hydrogen) atoms. The standard InChI is InChI=1S/C3H7N.CHNO.ClH/c1-2-4-3-1;2-1-3;/h4H,1-3H2;3H;1H. The first-order chi connectivity index (χ1) is 3.41. The molecule has 1 aliphatic rings. The Kier molecular flexibility index (Phi) is 12.8. The molecule has 0 radical (unpaired) electrons. The number of hydrogen-bond donors (Lipinski definition) is 2. The molecule has 48 valence electrons. The highest BCUT2D eigenvalue weighted by atomic mass is 35.5. The number of rotatable bonds is 0. The molecule has 4 heteroatoms. The van der Waals surface area contributed by atoms with Crippen molar-refractivity contribution in [1.82, 2.24) is 5.32 Å².